The van der Waals surface area contributed by atoms with Crippen molar-refractivity contribution in [1.29, 1.82) is 0 Å². The zero-order valence-electron chi connectivity index (χ0n) is 16.8. The van der Waals surface area contributed by atoms with Crippen LogP contribution in [0.3, 0.4) is 0 Å². The topological polar surface area (TPSA) is 71.5 Å². The Hall–Kier alpha value is -1.36. The number of carbonyl (C=O) groups is 1. The Labute approximate surface area is 194 Å². The van der Waals surface area contributed by atoms with Gasteiger partial charge in [-0.05, 0) is 49.5 Å². The van der Waals surface area contributed by atoms with Gasteiger partial charge in [0.2, 0.25) is 0 Å². The van der Waals surface area contributed by atoms with Crippen LogP contribution in [0, 0.1) is 13.8 Å². The molecule has 162 valence electrons. The van der Waals surface area contributed by atoms with E-state index in [2.05, 4.69) is 14.5 Å². The minimum atomic E-state index is -0.0951. The van der Waals surface area contributed by atoms with Crippen LogP contribution in [0.5, 0.6) is 0 Å². The fraction of sp³-hybridized carbons (Fsp3) is 0.474. The van der Waals surface area contributed by atoms with Gasteiger partial charge < -0.3 is 4.74 Å². The van der Waals surface area contributed by atoms with Gasteiger partial charge in [-0.2, -0.15) is 0 Å². The lowest BCUT2D eigenvalue weighted by Gasteiger charge is -2.27. The number of amides is 1. The summed E-state index contributed by atoms with van der Waals surface area (Å²) < 4.78 is 10.4. The highest BCUT2D eigenvalue weighted by molar-refractivity contribution is 7.22. The highest BCUT2D eigenvalue weighted by Gasteiger charge is 2.25. The van der Waals surface area contributed by atoms with Crippen molar-refractivity contribution in [2.24, 2.45) is 0 Å². The summed E-state index contributed by atoms with van der Waals surface area (Å²) in [6, 6.07) is 3.84. The molecule has 11 heteroatoms. The van der Waals surface area contributed by atoms with Crippen LogP contribution in [-0.2, 0) is 4.74 Å². The zero-order valence-corrected chi connectivity index (χ0v) is 20.0. The van der Waals surface area contributed by atoms with Crippen LogP contribution in [0.25, 0.3) is 10.2 Å². The molecule has 0 bridgehead atoms. The highest BCUT2D eigenvalue weighted by atomic mass is 35.5. The average molecular weight is 488 g/mol. The lowest BCUT2D eigenvalue weighted by molar-refractivity contribution is 0.0376. The molecule has 3 aromatic rings. The molecule has 0 spiro atoms. The molecule has 1 fully saturated rings. The number of rotatable bonds is 6. The first-order chi connectivity index (χ1) is 14.0. The third kappa shape index (κ3) is 4.92. The van der Waals surface area contributed by atoms with Gasteiger partial charge in [0, 0.05) is 31.2 Å². The fourth-order valence-electron chi connectivity index (χ4n) is 3.32. The van der Waals surface area contributed by atoms with Crippen molar-refractivity contribution in [3.05, 3.63) is 33.3 Å². The molecule has 2 aromatic heterocycles. The number of benzene rings is 1. The number of thiazole rings is 1. The average Bonchev–Trinajstić information content (AvgIpc) is 3.35. The Balaban J connectivity index is 0.00000256. The smallest absolute Gasteiger partial charge is 0.273 e. The first kappa shape index (κ1) is 23.3. The fourth-order valence-corrected chi connectivity index (χ4v) is 5.12. The maximum atomic E-state index is 13.3. The predicted octanol–water partition coefficient (Wildman–Crippen LogP) is 4.21. The monoisotopic (exact) mass is 487 g/mol. The van der Waals surface area contributed by atoms with Crippen LogP contribution in [-0.4, -0.2) is 64.8 Å². The number of hydrogen-bond acceptors (Lipinski definition) is 8. The third-order valence-corrected chi connectivity index (χ3v) is 7.29. The number of hydrogen-bond donors (Lipinski definition) is 0. The van der Waals surface area contributed by atoms with E-state index in [0.717, 1.165) is 66.6 Å². The lowest BCUT2D eigenvalue weighted by Crippen LogP contribution is -2.39. The van der Waals surface area contributed by atoms with Gasteiger partial charge in [0.25, 0.3) is 5.91 Å². The molecule has 0 aliphatic carbocycles. The summed E-state index contributed by atoms with van der Waals surface area (Å²) in [4.78, 5) is 22.8. The lowest BCUT2D eigenvalue weighted by atomic mass is 10.2. The summed E-state index contributed by atoms with van der Waals surface area (Å²) in [5.74, 6) is -0.0951. The minimum absolute atomic E-state index is 0. The first-order valence-corrected chi connectivity index (χ1v) is 11.5. The van der Waals surface area contributed by atoms with E-state index in [4.69, 9.17) is 21.3 Å². The molecule has 0 unspecified atom stereocenters. The number of ether oxygens (including phenoxy) is 1. The van der Waals surface area contributed by atoms with Gasteiger partial charge >= 0.3 is 0 Å². The Morgan fingerprint density at radius 2 is 2.07 bits per heavy atom. The minimum Gasteiger partial charge on any atom is -0.379 e. The number of anilines is 1. The molecule has 4 rings (SSSR count). The van der Waals surface area contributed by atoms with Crippen molar-refractivity contribution in [2.45, 2.75) is 20.3 Å². The van der Waals surface area contributed by atoms with Gasteiger partial charge in [-0.15, -0.1) is 17.5 Å². The molecule has 1 aliphatic heterocycles. The van der Waals surface area contributed by atoms with E-state index in [0.29, 0.717) is 27.3 Å². The van der Waals surface area contributed by atoms with Crippen LogP contribution < -0.4 is 4.90 Å². The highest BCUT2D eigenvalue weighted by Crippen LogP contribution is 2.34. The number of aryl methyl sites for hydroxylation is 2. The number of halogens is 2. The normalized spacial score (nSPS) is 14.6. The Kier molecular flexibility index (Phi) is 8.00. The summed E-state index contributed by atoms with van der Waals surface area (Å²) in [6.07, 6.45) is 0.854. The molecule has 3 heterocycles. The molecule has 1 aliphatic rings. The standard InChI is InChI=1S/C19H22ClN5O2S2.ClH/c1-12-14(20)4-5-15-16(12)21-19(28-15)25(18(26)17-13(2)22-23-29-17)7-3-6-24-8-10-27-11-9-24;/h4-5H,3,6-11H2,1-2H3;1H. The quantitative estimate of drug-likeness (QED) is 0.518. The molecule has 1 saturated heterocycles. The van der Waals surface area contributed by atoms with Crippen molar-refractivity contribution in [2.75, 3.05) is 44.3 Å². The largest absolute Gasteiger partial charge is 0.379 e. The van der Waals surface area contributed by atoms with E-state index in [1.807, 2.05) is 26.0 Å². The van der Waals surface area contributed by atoms with Gasteiger partial charge in [0.05, 0.1) is 29.1 Å². The molecule has 30 heavy (non-hydrogen) atoms. The van der Waals surface area contributed by atoms with Gasteiger partial charge in [0.15, 0.2) is 5.13 Å². The third-order valence-electron chi connectivity index (χ3n) is 5.02. The van der Waals surface area contributed by atoms with Gasteiger partial charge in [0.1, 0.15) is 4.88 Å². The van der Waals surface area contributed by atoms with Gasteiger partial charge in [-0.25, -0.2) is 4.98 Å². The van der Waals surface area contributed by atoms with E-state index in [1.54, 1.807) is 4.90 Å². The summed E-state index contributed by atoms with van der Waals surface area (Å²) in [5, 5.41) is 5.37. The summed E-state index contributed by atoms with van der Waals surface area (Å²) in [6.45, 7) is 8.68. The number of carbonyl (C=O) groups excluding carboxylic acids is 1. The maximum absolute atomic E-state index is 13.3. The van der Waals surface area contributed by atoms with Crippen LogP contribution in [0.4, 0.5) is 5.13 Å². The molecular weight excluding hydrogens is 465 g/mol. The first-order valence-electron chi connectivity index (χ1n) is 9.51. The number of nitrogens with zero attached hydrogens (tertiary/aromatic N) is 5. The summed E-state index contributed by atoms with van der Waals surface area (Å²) in [7, 11) is 0. The van der Waals surface area contributed by atoms with Crippen molar-refractivity contribution >= 4 is 68.1 Å². The Bertz CT molecular complexity index is 1020. The van der Waals surface area contributed by atoms with Crippen LogP contribution in [0.15, 0.2) is 12.1 Å². The van der Waals surface area contributed by atoms with Gasteiger partial charge in [-0.3, -0.25) is 14.6 Å². The van der Waals surface area contributed by atoms with Gasteiger partial charge in [-0.1, -0.05) is 27.4 Å². The van der Waals surface area contributed by atoms with Crippen molar-refractivity contribution in [3.63, 3.8) is 0 Å². The van der Waals surface area contributed by atoms with Crippen LogP contribution >= 0.6 is 46.9 Å². The second-order valence-electron chi connectivity index (χ2n) is 6.97. The molecule has 0 radical (unpaired) electrons. The molecule has 7 nitrogen and oxygen atoms in total. The summed E-state index contributed by atoms with van der Waals surface area (Å²) >= 11 is 8.91. The second kappa shape index (κ2) is 10.3. The Morgan fingerprint density at radius 1 is 1.30 bits per heavy atom. The van der Waals surface area contributed by atoms with Crippen molar-refractivity contribution < 1.29 is 9.53 Å². The van der Waals surface area contributed by atoms with E-state index in [1.165, 1.54) is 11.3 Å². The molecular formula is C19H23Cl2N5O2S2. The summed E-state index contributed by atoms with van der Waals surface area (Å²) in [5.41, 5.74) is 2.43. The molecule has 0 N–H and O–H groups in total. The second-order valence-corrected chi connectivity index (χ2v) is 9.14. The number of morpholine rings is 1. The SMILES string of the molecule is Cc1nnsc1C(=O)N(CCCN1CCOCC1)c1nc2c(C)c(Cl)ccc2s1.Cl. The van der Waals surface area contributed by atoms with Crippen molar-refractivity contribution in [3.8, 4) is 0 Å². The molecule has 1 amide bonds. The van der Waals surface area contributed by atoms with Crippen LogP contribution in [0.1, 0.15) is 27.3 Å². The Morgan fingerprint density at radius 3 is 2.77 bits per heavy atom. The van der Waals surface area contributed by atoms with Crippen molar-refractivity contribution in [1.82, 2.24) is 19.5 Å². The van der Waals surface area contributed by atoms with Crippen LogP contribution in [0.2, 0.25) is 5.02 Å². The zero-order chi connectivity index (χ0) is 20.4. The van der Waals surface area contributed by atoms with E-state index < -0.39 is 0 Å². The predicted molar refractivity (Wildman–Crippen MR) is 125 cm³/mol. The van der Waals surface area contributed by atoms with E-state index in [-0.39, 0.29) is 18.3 Å². The molecule has 1 aromatic carbocycles. The molecule has 0 saturated carbocycles. The maximum Gasteiger partial charge on any atom is 0.273 e. The van der Waals surface area contributed by atoms with E-state index in [9.17, 15) is 4.79 Å². The number of fused-ring (bicyclic) bond motifs is 1. The molecule has 0 atom stereocenters. The van der Waals surface area contributed by atoms with E-state index >= 15 is 0 Å². The number of aromatic nitrogens is 3.